The molecule has 7 heteroatoms. The van der Waals surface area contributed by atoms with Crippen molar-refractivity contribution >= 4 is 17.7 Å². The Morgan fingerprint density at radius 1 is 1.19 bits per heavy atom. The van der Waals surface area contributed by atoms with Crippen molar-refractivity contribution in [1.29, 1.82) is 5.26 Å². The highest BCUT2D eigenvalue weighted by atomic mass is 19.1. The predicted molar refractivity (Wildman–Crippen MR) is 121 cm³/mol. The molecular weight excluding hydrogens is 409 g/mol. The van der Waals surface area contributed by atoms with Crippen LogP contribution in [0.4, 0.5) is 14.9 Å². The summed E-state index contributed by atoms with van der Waals surface area (Å²) in [5.74, 6) is -0.576. The molecule has 0 aliphatic heterocycles. The molecule has 6 nitrogen and oxygen atoms in total. The lowest BCUT2D eigenvalue weighted by Crippen LogP contribution is -2.42. The van der Waals surface area contributed by atoms with Gasteiger partial charge in [0.05, 0.1) is 0 Å². The van der Waals surface area contributed by atoms with Crippen molar-refractivity contribution in [2.75, 3.05) is 5.32 Å². The molecule has 2 amide bonds. The van der Waals surface area contributed by atoms with Crippen molar-refractivity contribution in [3.05, 3.63) is 52.8 Å². The molecule has 1 aliphatic carbocycles. The Hall–Kier alpha value is -3.40. The fourth-order valence-corrected chi connectivity index (χ4v) is 3.94. The predicted octanol–water partition coefficient (Wildman–Crippen LogP) is 4.90. The number of carbonyl (C=O) groups excluding carboxylic acids is 2. The summed E-state index contributed by atoms with van der Waals surface area (Å²) in [6, 6.07) is 10.6. The molecule has 0 heterocycles. The monoisotopic (exact) mass is 437 g/mol. The average Bonchev–Trinajstić information content (AvgIpc) is 3.17. The van der Waals surface area contributed by atoms with Gasteiger partial charge in [-0.25, -0.2) is 9.18 Å². The van der Waals surface area contributed by atoms with Crippen LogP contribution in [0.25, 0.3) is 11.1 Å². The number of hydrogen-bond donors (Lipinski definition) is 2. The van der Waals surface area contributed by atoms with Crippen molar-refractivity contribution in [2.45, 2.75) is 65.0 Å². The number of halogens is 1. The van der Waals surface area contributed by atoms with E-state index in [-0.39, 0.29) is 12.3 Å². The van der Waals surface area contributed by atoms with Gasteiger partial charge in [0.25, 0.3) is 0 Å². The molecule has 1 aliphatic rings. The second-order valence-corrected chi connectivity index (χ2v) is 9.06. The second-order valence-electron chi connectivity index (χ2n) is 9.06. The van der Waals surface area contributed by atoms with Crippen LogP contribution in [-0.2, 0) is 28.8 Å². The Kier molecular flexibility index (Phi) is 6.83. The summed E-state index contributed by atoms with van der Waals surface area (Å²) in [7, 11) is 0. The van der Waals surface area contributed by atoms with Gasteiger partial charge >= 0.3 is 6.09 Å². The molecule has 1 atom stereocenters. The normalized spacial score (nSPS) is 13.6. The first-order valence-corrected chi connectivity index (χ1v) is 10.7. The first-order chi connectivity index (χ1) is 15.1. The van der Waals surface area contributed by atoms with E-state index in [0.717, 1.165) is 47.2 Å². The van der Waals surface area contributed by atoms with Gasteiger partial charge in [-0.15, -0.1) is 0 Å². The molecule has 0 fully saturated rings. The fourth-order valence-electron chi connectivity index (χ4n) is 3.94. The number of fused-ring (bicyclic) bond motifs is 1. The Morgan fingerprint density at radius 3 is 2.53 bits per heavy atom. The average molecular weight is 438 g/mol. The van der Waals surface area contributed by atoms with E-state index in [2.05, 4.69) is 10.6 Å². The Morgan fingerprint density at radius 2 is 1.91 bits per heavy atom. The zero-order valence-corrected chi connectivity index (χ0v) is 18.8. The summed E-state index contributed by atoms with van der Waals surface area (Å²) in [5.41, 5.74) is 4.52. The van der Waals surface area contributed by atoms with Crippen LogP contribution in [0.1, 0.15) is 50.8 Å². The first-order valence-electron chi connectivity index (χ1n) is 10.7. The topological polar surface area (TPSA) is 91.2 Å². The van der Waals surface area contributed by atoms with E-state index in [1.807, 2.05) is 24.3 Å². The summed E-state index contributed by atoms with van der Waals surface area (Å²) >= 11 is 0. The molecule has 0 aromatic heterocycles. The molecule has 0 saturated heterocycles. The smallest absolute Gasteiger partial charge is 0.408 e. The minimum Gasteiger partial charge on any atom is -0.430 e. The minimum atomic E-state index is -1.10. The Balaban J connectivity index is 1.80. The van der Waals surface area contributed by atoms with E-state index in [0.29, 0.717) is 5.56 Å². The molecule has 0 bridgehead atoms. The number of nitriles is 1. The zero-order chi connectivity index (χ0) is 23.5. The van der Waals surface area contributed by atoms with Crippen LogP contribution in [0.3, 0.4) is 0 Å². The number of amides is 2. The highest BCUT2D eigenvalue weighted by Gasteiger charge is 2.22. The second kappa shape index (κ2) is 9.39. The fraction of sp³-hybridized carbons (Fsp3) is 0.400. The molecule has 168 valence electrons. The number of anilines is 1. The van der Waals surface area contributed by atoms with Crippen LogP contribution >= 0.6 is 0 Å². The van der Waals surface area contributed by atoms with E-state index in [1.54, 1.807) is 26.8 Å². The summed E-state index contributed by atoms with van der Waals surface area (Å²) in [6.07, 6.45) is 0.873. The van der Waals surface area contributed by atoms with Gasteiger partial charge in [-0.3, -0.25) is 4.79 Å². The lowest BCUT2D eigenvalue weighted by Gasteiger charge is -2.21. The summed E-state index contributed by atoms with van der Waals surface area (Å²) < 4.78 is 20.1. The van der Waals surface area contributed by atoms with Crippen molar-refractivity contribution < 1.29 is 18.7 Å². The van der Waals surface area contributed by atoms with E-state index < -0.39 is 23.6 Å². The van der Waals surface area contributed by atoms with E-state index in [9.17, 15) is 19.2 Å². The summed E-state index contributed by atoms with van der Waals surface area (Å²) in [6.45, 7) is 6.88. The van der Waals surface area contributed by atoms with E-state index in [4.69, 9.17) is 4.74 Å². The van der Waals surface area contributed by atoms with Gasteiger partial charge in [-0.1, -0.05) is 18.2 Å². The van der Waals surface area contributed by atoms with Crippen molar-refractivity contribution in [3.8, 4) is 17.2 Å². The third kappa shape index (κ3) is 5.64. The van der Waals surface area contributed by atoms with Gasteiger partial charge in [-0.05, 0) is 80.0 Å². The van der Waals surface area contributed by atoms with Gasteiger partial charge in [-0.2, -0.15) is 5.26 Å². The number of ether oxygens (including phenoxy) is 1. The molecular formula is C25H28FN3O3. The number of carbonyl (C=O) groups is 2. The van der Waals surface area contributed by atoms with Gasteiger partial charge in [0.1, 0.15) is 11.9 Å². The maximum atomic E-state index is 14.9. The van der Waals surface area contributed by atoms with Gasteiger partial charge in [0, 0.05) is 24.6 Å². The highest BCUT2D eigenvalue weighted by Crippen LogP contribution is 2.37. The number of alkyl carbamates (subject to hydrolysis) is 1. The van der Waals surface area contributed by atoms with Crippen molar-refractivity contribution in [2.24, 2.45) is 0 Å². The molecule has 0 saturated carbocycles. The SMILES string of the molecule is CC(=O)Nc1ccc(-c2ccc(C[C@@H](C#N)OC(=O)NC(C)(C)C)c(F)c2)c2c1CCC2. The molecule has 0 radical (unpaired) electrons. The molecule has 0 spiro atoms. The van der Waals surface area contributed by atoms with Crippen molar-refractivity contribution in [3.63, 3.8) is 0 Å². The van der Waals surface area contributed by atoms with E-state index in [1.165, 1.54) is 13.0 Å². The highest BCUT2D eigenvalue weighted by molar-refractivity contribution is 5.91. The number of nitrogens with zero attached hydrogens (tertiary/aromatic N) is 1. The third-order valence-electron chi connectivity index (χ3n) is 5.24. The molecule has 2 aromatic carbocycles. The molecule has 0 unspecified atom stereocenters. The van der Waals surface area contributed by atoms with Crippen molar-refractivity contribution in [1.82, 2.24) is 5.32 Å². The summed E-state index contributed by atoms with van der Waals surface area (Å²) in [5, 5.41) is 14.8. The number of benzene rings is 2. The van der Waals surface area contributed by atoms with Crippen LogP contribution in [0.2, 0.25) is 0 Å². The number of nitrogens with one attached hydrogen (secondary N) is 2. The number of rotatable bonds is 5. The third-order valence-corrected chi connectivity index (χ3v) is 5.24. The van der Waals surface area contributed by atoms with Gasteiger partial charge in [0.2, 0.25) is 5.91 Å². The molecule has 2 aromatic rings. The van der Waals surface area contributed by atoms with Gasteiger partial charge < -0.3 is 15.4 Å². The van der Waals surface area contributed by atoms with Crippen LogP contribution in [0.15, 0.2) is 30.3 Å². The Labute approximate surface area is 187 Å². The lowest BCUT2D eigenvalue weighted by atomic mass is 9.94. The minimum absolute atomic E-state index is 0.0419. The van der Waals surface area contributed by atoms with Crippen LogP contribution in [0, 0.1) is 17.1 Å². The Bertz CT molecular complexity index is 1080. The lowest BCUT2D eigenvalue weighted by molar-refractivity contribution is -0.114. The maximum absolute atomic E-state index is 14.9. The van der Waals surface area contributed by atoms with E-state index >= 15 is 0 Å². The maximum Gasteiger partial charge on any atom is 0.408 e. The molecule has 3 rings (SSSR count). The van der Waals surface area contributed by atoms with Gasteiger partial charge in [0.15, 0.2) is 6.10 Å². The largest absolute Gasteiger partial charge is 0.430 e. The standard InChI is InChI=1S/C25H28FN3O3/c1-15(30)28-23-11-10-19(20-6-5-7-21(20)23)16-8-9-17(22(26)13-16)12-18(14-27)32-24(31)29-25(2,3)4/h8-11,13,18H,5-7,12H2,1-4H3,(H,28,30)(H,29,31)/t18-/m0/s1. The van der Waals surface area contributed by atoms with Crippen LogP contribution < -0.4 is 10.6 Å². The zero-order valence-electron chi connectivity index (χ0n) is 18.8. The quantitative estimate of drug-likeness (QED) is 0.696. The first kappa shape index (κ1) is 23.3. The molecule has 32 heavy (non-hydrogen) atoms. The van der Waals surface area contributed by atoms with Crippen LogP contribution in [0.5, 0.6) is 0 Å². The summed E-state index contributed by atoms with van der Waals surface area (Å²) in [4.78, 5) is 23.4. The molecule has 2 N–H and O–H groups in total. The number of hydrogen-bond acceptors (Lipinski definition) is 4. The van der Waals surface area contributed by atoms with Crippen LogP contribution in [-0.4, -0.2) is 23.6 Å².